The minimum atomic E-state index is 0.297. The summed E-state index contributed by atoms with van der Waals surface area (Å²) in [6.07, 6.45) is 3.41. The van der Waals surface area contributed by atoms with Crippen LogP contribution in [0, 0.1) is 0 Å². The number of halogens is 2. The minimum Gasteiger partial charge on any atom is -0.487 e. The average Bonchev–Trinajstić information content (AvgIpc) is 3.31. The molecule has 0 spiro atoms. The lowest BCUT2D eigenvalue weighted by Gasteiger charge is -2.17. The Bertz CT molecular complexity index is 1160. The highest BCUT2D eigenvalue weighted by Gasteiger charge is 2.15. The van der Waals surface area contributed by atoms with E-state index in [0.29, 0.717) is 28.7 Å². The highest BCUT2D eigenvalue weighted by atomic mass is 35.5. The Morgan fingerprint density at radius 1 is 0.969 bits per heavy atom. The van der Waals surface area contributed by atoms with E-state index in [9.17, 15) is 0 Å². The van der Waals surface area contributed by atoms with Crippen LogP contribution in [0.5, 0.6) is 5.75 Å². The van der Waals surface area contributed by atoms with Gasteiger partial charge < -0.3 is 4.74 Å². The van der Waals surface area contributed by atoms with E-state index >= 15 is 0 Å². The molecular weight excluding hydrogens is 447 g/mol. The number of tetrazole rings is 1. The molecule has 0 saturated heterocycles. The van der Waals surface area contributed by atoms with Gasteiger partial charge in [0.15, 0.2) is 0 Å². The second-order valence-electron chi connectivity index (χ2n) is 7.67. The van der Waals surface area contributed by atoms with Gasteiger partial charge in [0.05, 0.1) is 5.69 Å². The zero-order chi connectivity index (χ0) is 22.5. The van der Waals surface area contributed by atoms with Crippen LogP contribution in [-0.2, 0) is 19.4 Å². The number of benzene rings is 1. The zero-order valence-corrected chi connectivity index (χ0v) is 19.2. The maximum atomic E-state index is 6.25. The summed E-state index contributed by atoms with van der Waals surface area (Å²) in [4.78, 5) is 8.61. The molecule has 164 valence electrons. The summed E-state index contributed by atoms with van der Waals surface area (Å²) < 4.78 is 6.25. The Hall–Kier alpha value is -3.03. The Morgan fingerprint density at radius 2 is 1.72 bits per heavy atom. The van der Waals surface area contributed by atoms with Crippen LogP contribution in [0.25, 0.3) is 11.4 Å². The van der Waals surface area contributed by atoms with Crippen LogP contribution < -0.4 is 4.74 Å². The number of H-pyrrole nitrogens is 1. The molecule has 0 unspecified atom stereocenters. The molecule has 1 N–H and O–H groups in total. The zero-order valence-electron chi connectivity index (χ0n) is 17.7. The molecule has 3 heterocycles. The van der Waals surface area contributed by atoms with Crippen molar-refractivity contribution in [2.24, 2.45) is 0 Å². The van der Waals surface area contributed by atoms with Gasteiger partial charge >= 0.3 is 0 Å². The first-order chi connectivity index (χ1) is 15.5. The molecule has 0 aliphatic heterocycles. The van der Waals surface area contributed by atoms with Crippen LogP contribution in [0.3, 0.4) is 0 Å². The van der Waals surface area contributed by atoms with E-state index < -0.39 is 0 Å². The van der Waals surface area contributed by atoms with Crippen LogP contribution in [0.2, 0.25) is 10.3 Å². The van der Waals surface area contributed by atoms with Gasteiger partial charge in [-0.2, -0.15) is 5.21 Å². The number of nitrogens with zero attached hydrogens (tertiary/aromatic N) is 5. The van der Waals surface area contributed by atoms with Crippen LogP contribution >= 0.6 is 23.2 Å². The molecule has 0 bridgehead atoms. The van der Waals surface area contributed by atoms with Gasteiger partial charge in [0.2, 0.25) is 5.82 Å². The monoisotopic (exact) mass is 468 g/mol. The predicted octanol–water partition coefficient (Wildman–Crippen LogP) is 5.45. The van der Waals surface area contributed by atoms with Crippen molar-refractivity contribution >= 4 is 23.2 Å². The molecule has 0 atom stereocenters. The van der Waals surface area contributed by atoms with Gasteiger partial charge in [-0.25, -0.2) is 4.98 Å². The molecule has 0 radical (unpaired) electrons. The summed E-state index contributed by atoms with van der Waals surface area (Å²) >= 11 is 12.1. The van der Waals surface area contributed by atoms with Gasteiger partial charge in [0.25, 0.3) is 0 Å². The van der Waals surface area contributed by atoms with Crippen LogP contribution in [0.15, 0.2) is 48.7 Å². The third kappa shape index (κ3) is 5.41. The van der Waals surface area contributed by atoms with E-state index in [1.165, 1.54) is 5.56 Å². The molecule has 0 aliphatic carbocycles. The predicted molar refractivity (Wildman–Crippen MR) is 124 cm³/mol. The Morgan fingerprint density at radius 3 is 2.38 bits per heavy atom. The van der Waals surface area contributed by atoms with E-state index in [4.69, 9.17) is 27.9 Å². The van der Waals surface area contributed by atoms with E-state index in [0.717, 1.165) is 41.0 Å². The fourth-order valence-electron chi connectivity index (χ4n) is 3.43. The number of rotatable bonds is 8. The fraction of sp³-hybridized carbons (Fsp3) is 0.261. The summed E-state index contributed by atoms with van der Waals surface area (Å²) in [5, 5.41) is 14.8. The first-order valence-electron chi connectivity index (χ1n) is 10.2. The molecule has 1 aromatic carbocycles. The SMILES string of the molecule is CC(C)c1ccnc(CCc2ccc(-c3nn[nH]n3)cc2)c1OCc1cc(Cl)nc(Cl)c1. The lowest BCUT2D eigenvalue weighted by Crippen LogP contribution is -2.06. The topological polar surface area (TPSA) is 89.5 Å². The average molecular weight is 469 g/mol. The maximum Gasteiger partial charge on any atom is 0.204 e. The smallest absolute Gasteiger partial charge is 0.204 e. The summed E-state index contributed by atoms with van der Waals surface area (Å²) in [6.45, 7) is 4.62. The molecule has 0 fully saturated rings. The Balaban J connectivity index is 1.51. The van der Waals surface area contributed by atoms with Gasteiger partial charge in [0.1, 0.15) is 22.7 Å². The number of aromatic amines is 1. The molecule has 4 aromatic rings. The third-order valence-corrected chi connectivity index (χ3v) is 5.43. The van der Waals surface area contributed by atoms with Gasteiger partial charge in [-0.05, 0) is 53.3 Å². The summed E-state index contributed by atoms with van der Waals surface area (Å²) in [5.41, 5.74) is 5.00. The highest BCUT2D eigenvalue weighted by molar-refractivity contribution is 6.32. The number of ether oxygens (including phenoxy) is 1. The molecule has 7 nitrogen and oxygen atoms in total. The molecule has 32 heavy (non-hydrogen) atoms. The number of aromatic nitrogens is 6. The van der Waals surface area contributed by atoms with Gasteiger partial charge in [-0.15, -0.1) is 10.2 Å². The summed E-state index contributed by atoms with van der Waals surface area (Å²) in [6, 6.07) is 13.6. The highest BCUT2D eigenvalue weighted by Crippen LogP contribution is 2.31. The number of hydrogen-bond acceptors (Lipinski definition) is 6. The normalized spacial score (nSPS) is 11.2. The first-order valence-corrected chi connectivity index (χ1v) is 11.0. The van der Waals surface area contributed by atoms with Gasteiger partial charge in [-0.1, -0.05) is 61.3 Å². The number of pyridine rings is 2. The quantitative estimate of drug-likeness (QED) is 0.345. The van der Waals surface area contributed by atoms with Crippen molar-refractivity contribution in [3.63, 3.8) is 0 Å². The van der Waals surface area contributed by atoms with Crippen molar-refractivity contribution in [3.05, 3.63) is 81.4 Å². The molecule has 0 aliphatic rings. The molecular formula is C23H22Cl2N6O. The fourth-order valence-corrected chi connectivity index (χ4v) is 3.93. The first kappa shape index (κ1) is 22.2. The van der Waals surface area contributed by atoms with Crippen LogP contribution in [-0.4, -0.2) is 30.6 Å². The lowest BCUT2D eigenvalue weighted by molar-refractivity contribution is 0.296. The molecule has 4 rings (SSSR count). The van der Waals surface area contributed by atoms with Crippen LogP contribution in [0.1, 0.15) is 42.1 Å². The Kier molecular flexibility index (Phi) is 6.97. The second-order valence-corrected chi connectivity index (χ2v) is 8.45. The van der Waals surface area contributed by atoms with Crippen molar-refractivity contribution in [3.8, 4) is 17.1 Å². The van der Waals surface area contributed by atoms with E-state index in [1.807, 2.05) is 24.4 Å². The maximum absolute atomic E-state index is 6.25. The number of aryl methyl sites for hydroxylation is 2. The number of nitrogens with one attached hydrogen (secondary N) is 1. The number of hydrogen-bond donors (Lipinski definition) is 1. The van der Waals surface area contributed by atoms with Crippen molar-refractivity contribution in [2.75, 3.05) is 0 Å². The van der Waals surface area contributed by atoms with E-state index in [2.05, 4.69) is 56.6 Å². The summed E-state index contributed by atoms with van der Waals surface area (Å²) in [5.74, 6) is 1.69. The molecule has 0 saturated carbocycles. The van der Waals surface area contributed by atoms with E-state index in [1.54, 1.807) is 12.1 Å². The lowest BCUT2D eigenvalue weighted by atomic mass is 9.99. The second kappa shape index (κ2) is 10.1. The largest absolute Gasteiger partial charge is 0.487 e. The van der Waals surface area contributed by atoms with Crippen molar-refractivity contribution < 1.29 is 4.74 Å². The van der Waals surface area contributed by atoms with Crippen molar-refractivity contribution in [1.29, 1.82) is 0 Å². The Labute approximate surface area is 196 Å². The van der Waals surface area contributed by atoms with Gasteiger partial charge in [-0.3, -0.25) is 4.98 Å². The third-order valence-electron chi connectivity index (χ3n) is 5.04. The van der Waals surface area contributed by atoms with Crippen molar-refractivity contribution in [2.45, 2.75) is 39.2 Å². The van der Waals surface area contributed by atoms with Crippen molar-refractivity contribution in [1.82, 2.24) is 30.6 Å². The van der Waals surface area contributed by atoms with Crippen LogP contribution in [0.4, 0.5) is 0 Å². The molecule has 3 aromatic heterocycles. The molecule has 0 amide bonds. The summed E-state index contributed by atoms with van der Waals surface area (Å²) in [7, 11) is 0. The standard InChI is InChI=1S/C23H22Cl2N6O/c1-14(2)18-9-10-26-19(22(18)32-13-16-11-20(24)27-21(25)12-16)8-5-15-3-6-17(7-4-15)23-28-30-31-29-23/h3-4,6-7,9-12,14H,5,8,13H2,1-2H3,(H,28,29,30,31). The van der Waals surface area contributed by atoms with Gasteiger partial charge in [0, 0.05) is 17.3 Å². The molecule has 9 heteroatoms. The van der Waals surface area contributed by atoms with E-state index in [-0.39, 0.29) is 0 Å². The minimum absolute atomic E-state index is 0.297.